The van der Waals surface area contributed by atoms with E-state index in [4.69, 9.17) is 5.84 Å². The van der Waals surface area contributed by atoms with Crippen molar-refractivity contribution in [3.05, 3.63) is 29.8 Å². The number of hydrazine groups is 1. The largest absolute Gasteiger partial charge is 0.311 e. The smallest absolute Gasteiger partial charge is 0.0519 e. The SMILES string of the molecule is CCN(N)c1cccc(C)c1. The van der Waals surface area contributed by atoms with Gasteiger partial charge in [-0.15, -0.1) is 0 Å². The lowest BCUT2D eigenvalue weighted by atomic mass is 10.2. The second kappa shape index (κ2) is 3.39. The third-order valence-corrected chi connectivity index (χ3v) is 1.67. The summed E-state index contributed by atoms with van der Waals surface area (Å²) in [6.45, 7) is 4.93. The van der Waals surface area contributed by atoms with Crippen LogP contribution in [0.25, 0.3) is 0 Å². The van der Waals surface area contributed by atoms with Crippen LogP contribution in [0.3, 0.4) is 0 Å². The molecule has 0 atom stereocenters. The first kappa shape index (κ1) is 8.08. The zero-order chi connectivity index (χ0) is 8.27. The van der Waals surface area contributed by atoms with Gasteiger partial charge >= 0.3 is 0 Å². The van der Waals surface area contributed by atoms with Crippen molar-refractivity contribution in [2.75, 3.05) is 11.6 Å². The standard InChI is InChI=1S/C9H14N2/c1-3-11(10)9-6-4-5-8(2)7-9/h4-7H,3,10H2,1-2H3. The van der Waals surface area contributed by atoms with Gasteiger partial charge in [-0.2, -0.15) is 0 Å². The minimum absolute atomic E-state index is 0.837. The predicted molar refractivity (Wildman–Crippen MR) is 48.4 cm³/mol. The lowest BCUT2D eigenvalue weighted by Gasteiger charge is -2.16. The fraction of sp³-hybridized carbons (Fsp3) is 0.333. The number of hydrogen-bond donors (Lipinski definition) is 1. The van der Waals surface area contributed by atoms with Gasteiger partial charge in [0.25, 0.3) is 0 Å². The van der Waals surface area contributed by atoms with Crippen LogP contribution in [0.15, 0.2) is 24.3 Å². The molecule has 1 rings (SSSR count). The van der Waals surface area contributed by atoms with Crippen molar-refractivity contribution in [2.24, 2.45) is 5.84 Å². The van der Waals surface area contributed by atoms with E-state index in [0.29, 0.717) is 0 Å². The van der Waals surface area contributed by atoms with Crippen molar-refractivity contribution in [1.29, 1.82) is 0 Å². The summed E-state index contributed by atoms with van der Waals surface area (Å²) < 4.78 is 0. The summed E-state index contributed by atoms with van der Waals surface area (Å²) in [6.07, 6.45) is 0. The van der Waals surface area contributed by atoms with Crippen LogP contribution in [0, 0.1) is 6.92 Å². The third-order valence-electron chi connectivity index (χ3n) is 1.67. The van der Waals surface area contributed by atoms with Crippen LogP contribution in [-0.2, 0) is 0 Å². The molecule has 0 heterocycles. The Bertz CT molecular complexity index is 233. The molecular formula is C9H14N2. The van der Waals surface area contributed by atoms with Gasteiger partial charge in [-0.25, -0.2) is 5.84 Å². The number of anilines is 1. The minimum atomic E-state index is 0.837. The summed E-state index contributed by atoms with van der Waals surface area (Å²) in [5, 5.41) is 1.73. The van der Waals surface area contributed by atoms with Gasteiger partial charge in [-0.1, -0.05) is 12.1 Å². The molecule has 0 saturated carbocycles. The maximum atomic E-state index is 5.70. The molecule has 2 heteroatoms. The second-order valence-corrected chi connectivity index (χ2v) is 2.63. The van der Waals surface area contributed by atoms with Crippen LogP contribution in [0.5, 0.6) is 0 Å². The van der Waals surface area contributed by atoms with Crippen molar-refractivity contribution in [1.82, 2.24) is 0 Å². The number of rotatable bonds is 2. The summed E-state index contributed by atoms with van der Waals surface area (Å²) in [6, 6.07) is 8.16. The van der Waals surface area contributed by atoms with E-state index in [-0.39, 0.29) is 0 Å². The van der Waals surface area contributed by atoms with Crippen LogP contribution < -0.4 is 10.9 Å². The van der Waals surface area contributed by atoms with Gasteiger partial charge in [0.2, 0.25) is 0 Å². The number of hydrogen-bond acceptors (Lipinski definition) is 2. The molecule has 1 aromatic carbocycles. The van der Waals surface area contributed by atoms with E-state index >= 15 is 0 Å². The quantitative estimate of drug-likeness (QED) is 0.513. The lowest BCUT2D eigenvalue weighted by Crippen LogP contribution is -2.30. The van der Waals surface area contributed by atoms with E-state index in [0.717, 1.165) is 12.2 Å². The molecule has 2 N–H and O–H groups in total. The minimum Gasteiger partial charge on any atom is -0.311 e. The van der Waals surface area contributed by atoms with Gasteiger partial charge in [-0.3, -0.25) is 0 Å². The molecule has 2 nitrogen and oxygen atoms in total. The van der Waals surface area contributed by atoms with Crippen molar-refractivity contribution in [3.63, 3.8) is 0 Å². The molecule has 11 heavy (non-hydrogen) atoms. The van der Waals surface area contributed by atoms with Crippen molar-refractivity contribution < 1.29 is 0 Å². The highest BCUT2D eigenvalue weighted by molar-refractivity contribution is 5.46. The average Bonchev–Trinajstić information content (AvgIpc) is 2.03. The summed E-state index contributed by atoms with van der Waals surface area (Å²) >= 11 is 0. The Kier molecular flexibility index (Phi) is 2.49. The maximum Gasteiger partial charge on any atom is 0.0519 e. The number of benzene rings is 1. The van der Waals surface area contributed by atoms with Crippen LogP contribution >= 0.6 is 0 Å². The molecule has 0 fully saturated rings. The molecule has 1 aromatic rings. The van der Waals surface area contributed by atoms with E-state index in [1.54, 1.807) is 5.01 Å². The van der Waals surface area contributed by atoms with Crippen molar-refractivity contribution in [3.8, 4) is 0 Å². The highest BCUT2D eigenvalue weighted by Gasteiger charge is 1.96. The van der Waals surface area contributed by atoms with Gasteiger partial charge in [0.15, 0.2) is 0 Å². The molecule has 0 unspecified atom stereocenters. The number of nitrogens with two attached hydrogens (primary N) is 1. The fourth-order valence-electron chi connectivity index (χ4n) is 0.989. The van der Waals surface area contributed by atoms with E-state index in [2.05, 4.69) is 19.1 Å². The van der Waals surface area contributed by atoms with Crippen molar-refractivity contribution in [2.45, 2.75) is 13.8 Å². The van der Waals surface area contributed by atoms with Crippen LogP contribution in [0.4, 0.5) is 5.69 Å². The van der Waals surface area contributed by atoms with Gasteiger partial charge in [0.1, 0.15) is 0 Å². The molecular weight excluding hydrogens is 136 g/mol. The first-order chi connectivity index (χ1) is 5.24. The van der Waals surface area contributed by atoms with E-state index in [1.807, 2.05) is 19.1 Å². The van der Waals surface area contributed by atoms with Gasteiger partial charge in [-0.05, 0) is 31.5 Å². The molecule has 0 aromatic heterocycles. The van der Waals surface area contributed by atoms with E-state index in [9.17, 15) is 0 Å². The van der Waals surface area contributed by atoms with Crippen LogP contribution in [0.2, 0.25) is 0 Å². The van der Waals surface area contributed by atoms with Crippen molar-refractivity contribution >= 4 is 5.69 Å². The molecule has 0 amide bonds. The molecule has 0 radical (unpaired) electrons. The third kappa shape index (κ3) is 1.95. The first-order valence-electron chi connectivity index (χ1n) is 3.83. The molecule has 0 aliphatic rings. The van der Waals surface area contributed by atoms with Crippen LogP contribution in [0.1, 0.15) is 12.5 Å². The van der Waals surface area contributed by atoms with Gasteiger partial charge in [0, 0.05) is 6.54 Å². The number of aryl methyl sites for hydroxylation is 1. The summed E-state index contributed by atoms with van der Waals surface area (Å²) in [5.74, 6) is 5.70. The molecule has 0 bridgehead atoms. The summed E-state index contributed by atoms with van der Waals surface area (Å²) in [5.41, 5.74) is 2.32. The Morgan fingerprint density at radius 2 is 2.18 bits per heavy atom. The normalized spacial score (nSPS) is 9.73. The molecule has 60 valence electrons. The zero-order valence-electron chi connectivity index (χ0n) is 7.04. The maximum absolute atomic E-state index is 5.70. The van der Waals surface area contributed by atoms with E-state index < -0.39 is 0 Å². The fourth-order valence-corrected chi connectivity index (χ4v) is 0.989. The highest BCUT2D eigenvalue weighted by atomic mass is 15.4. The summed E-state index contributed by atoms with van der Waals surface area (Å²) in [4.78, 5) is 0. The zero-order valence-corrected chi connectivity index (χ0v) is 7.04. The molecule has 0 aliphatic carbocycles. The Hall–Kier alpha value is -1.02. The van der Waals surface area contributed by atoms with E-state index in [1.165, 1.54) is 5.56 Å². The molecule has 0 aliphatic heterocycles. The Balaban J connectivity index is 2.86. The predicted octanol–water partition coefficient (Wildman–Crippen LogP) is 1.70. The Labute approximate surface area is 67.6 Å². The Morgan fingerprint density at radius 3 is 2.73 bits per heavy atom. The van der Waals surface area contributed by atoms with Gasteiger partial charge < -0.3 is 5.01 Å². The lowest BCUT2D eigenvalue weighted by molar-refractivity contribution is 0.891. The Morgan fingerprint density at radius 1 is 1.45 bits per heavy atom. The summed E-state index contributed by atoms with van der Waals surface area (Å²) in [7, 11) is 0. The topological polar surface area (TPSA) is 29.3 Å². The molecule has 0 spiro atoms. The highest BCUT2D eigenvalue weighted by Crippen LogP contribution is 2.11. The van der Waals surface area contributed by atoms with Gasteiger partial charge in [0.05, 0.1) is 5.69 Å². The average molecular weight is 150 g/mol. The number of nitrogens with zero attached hydrogens (tertiary/aromatic N) is 1. The second-order valence-electron chi connectivity index (χ2n) is 2.63. The first-order valence-corrected chi connectivity index (χ1v) is 3.83. The molecule has 0 saturated heterocycles. The monoisotopic (exact) mass is 150 g/mol. The van der Waals surface area contributed by atoms with Crippen LogP contribution in [-0.4, -0.2) is 6.54 Å².